The minimum absolute atomic E-state index is 0.399. The predicted octanol–water partition coefficient (Wildman–Crippen LogP) is -0.389. The maximum atomic E-state index is 5.82. The summed E-state index contributed by atoms with van der Waals surface area (Å²) in [5, 5.41) is 2.00. The number of nitrogens with two attached hydrogens (primary N) is 2. The average Bonchev–Trinajstić information content (AvgIpc) is 1.89. The van der Waals surface area contributed by atoms with E-state index >= 15 is 0 Å². The van der Waals surface area contributed by atoms with Crippen LogP contribution >= 0.6 is 0 Å². The summed E-state index contributed by atoms with van der Waals surface area (Å²) in [5.41, 5.74) is 5.82. The molecule has 54 valence electrons. The minimum Gasteiger partial charge on any atom is -0.475 e. The summed E-state index contributed by atoms with van der Waals surface area (Å²) in [6.07, 6.45) is 5.09. The first-order valence-corrected chi connectivity index (χ1v) is 3.72. The molecule has 0 amide bonds. The van der Waals surface area contributed by atoms with Crippen molar-refractivity contribution in [1.29, 1.82) is 0 Å². The van der Waals surface area contributed by atoms with E-state index in [1.54, 1.807) is 0 Å². The molecule has 0 heterocycles. The van der Waals surface area contributed by atoms with Crippen molar-refractivity contribution in [3.63, 3.8) is 0 Å². The van der Waals surface area contributed by atoms with Crippen LogP contribution in [0, 0.1) is 7.05 Å². The van der Waals surface area contributed by atoms with Crippen LogP contribution in [0.1, 0.15) is 25.7 Å². The maximum Gasteiger partial charge on any atom is 0.0773 e. The van der Waals surface area contributed by atoms with Crippen molar-refractivity contribution >= 4 is 0 Å². The third-order valence-corrected chi connectivity index (χ3v) is 2.18. The van der Waals surface area contributed by atoms with Crippen molar-refractivity contribution in [3.05, 3.63) is 7.05 Å². The summed E-state index contributed by atoms with van der Waals surface area (Å²) in [4.78, 5) is 0. The van der Waals surface area contributed by atoms with E-state index in [1.165, 1.54) is 25.7 Å². The van der Waals surface area contributed by atoms with Gasteiger partial charge in [0.15, 0.2) is 0 Å². The van der Waals surface area contributed by atoms with Gasteiger partial charge < -0.3 is 11.1 Å². The summed E-state index contributed by atoms with van der Waals surface area (Å²) in [5.74, 6) is 0. The average molecular weight is 128 g/mol. The molecule has 1 aliphatic carbocycles. The molecule has 1 aliphatic rings. The van der Waals surface area contributed by atoms with Crippen LogP contribution in [0.15, 0.2) is 0 Å². The SMILES string of the molecule is [CH2-][NH2+]C1CCCCC1N. The van der Waals surface area contributed by atoms with Crippen LogP contribution in [0.2, 0.25) is 0 Å². The van der Waals surface area contributed by atoms with Gasteiger partial charge in [-0.1, -0.05) is 6.42 Å². The van der Waals surface area contributed by atoms with Gasteiger partial charge in [0, 0.05) is 0 Å². The highest BCUT2D eigenvalue weighted by Gasteiger charge is 2.20. The Kier molecular flexibility index (Phi) is 2.49. The van der Waals surface area contributed by atoms with E-state index in [1.807, 2.05) is 5.32 Å². The number of hydrogen-bond donors (Lipinski definition) is 2. The van der Waals surface area contributed by atoms with Gasteiger partial charge in [-0.2, -0.15) is 7.05 Å². The molecular weight excluding hydrogens is 112 g/mol. The van der Waals surface area contributed by atoms with E-state index in [4.69, 9.17) is 5.73 Å². The first-order valence-electron chi connectivity index (χ1n) is 3.72. The molecular formula is C7H16N2. The van der Waals surface area contributed by atoms with E-state index < -0.39 is 0 Å². The fourth-order valence-electron chi connectivity index (χ4n) is 1.48. The van der Waals surface area contributed by atoms with Crippen LogP contribution < -0.4 is 11.1 Å². The quantitative estimate of drug-likeness (QED) is 0.464. The lowest BCUT2D eigenvalue weighted by Gasteiger charge is -2.27. The molecule has 0 aliphatic heterocycles. The summed E-state index contributed by atoms with van der Waals surface area (Å²) < 4.78 is 0. The van der Waals surface area contributed by atoms with E-state index in [0.29, 0.717) is 12.1 Å². The zero-order valence-corrected chi connectivity index (χ0v) is 5.84. The maximum absolute atomic E-state index is 5.82. The highest BCUT2D eigenvalue weighted by molar-refractivity contribution is 4.75. The molecule has 4 N–H and O–H groups in total. The van der Waals surface area contributed by atoms with Gasteiger partial charge >= 0.3 is 0 Å². The Morgan fingerprint density at radius 3 is 2.44 bits per heavy atom. The van der Waals surface area contributed by atoms with Gasteiger partial charge in [0.1, 0.15) is 0 Å². The van der Waals surface area contributed by atoms with Gasteiger partial charge in [-0.25, -0.2) is 0 Å². The van der Waals surface area contributed by atoms with Crippen molar-refractivity contribution < 1.29 is 5.32 Å². The van der Waals surface area contributed by atoms with E-state index in [9.17, 15) is 0 Å². The first kappa shape index (κ1) is 7.03. The molecule has 2 unspecified atom stereocenters. The van der Waals surface area contributed by atoms with E-state index in [0.717, 1.165) is 0 Å². The highest BCUT2D eigenvalue weighted by atomic mass is 14.9. The zero-order chi connectivity index (χ0) is 6.69. The van der Waals surface area contributed by atoms with Crippen LogP contribution in [0.25, 0.3) is 0 Å². The fraction of sp³-hybridized carbons (Fsp3) is 0.857. The van der Waals surface area contributed by atoms with Crippen molar-refractivity contribution in [2.75, 3.05) is 0 Å². The van der Waals surface area contributed by atoms with Crippen molar-refractivity contribution in [1.82, 2.24) is 0 Å². The zero-order valence-electron chi connectivity index (χ0n) is 5.84. The Morgan fingerprint density at radius 2 is 2.00 bits per heavy atom. The summed E-state index contributed by atoms with van der Waals surface area (Å²) >= 11 is 0. The van der Waals surface area contributed by atoms with Gasteiger partial charge in [-0.05, 0) is 19.3 Å². The summed E-state index contributed by atoms with van der Waals surface area (Å²) in [7, 11) is 3.75. The summed E-state index contributed by atoms with van der Waals surface area (Å²) in [6, 6.07) is 0.995. The van der Waals surface area contributed by atoms with Crippen molar-refractivity contribution in [2.24, 2.45) is 5.73 Å². The lowest BCUT2D eigenvalue weighted by molar-refractivity contribution is -0.638. The van der Waals surface area contributed by atoms with Crippen molar-refractivity contribution in [3.8, 4) is 0 Å². The molecule has 0 radical (unpaired) electrons. The molecule has 1 rings (SSSR count). The minimum atomic E-state index is 0.399. The van der Waals surface area contributed by atoms with Gasteiger partial charge in [0.25, 0.3) is 0 Å². The predicted molar refractivity (Wildman–Crippen MR) is 37.5 cm³/mol. The standard InChI is InChI=1S/C7H16N2/c1-9-7-5-3-2-4-6(7)8/h6-7H,1-5,8-9H2. The van der Waals surface area contributed by atoms with Crippen LogP contribution in [0.5, 0.6) is 0 Å². The van der Waals surface area contributed by atoms with Crippen molar-refractivity contribution in [2.45, 2.75) is 37.8 Å². The Morgan fingerprint density at radius 1 is 1.33 bits per heavy atom. The van der Waals surface area contributed by atoms with Gasteiger partial charge in [-0.15, -0.1) is 0 Å². The topological polar surface area (TPSA) is 42.6 Å². The smallest absolute Gasteiger partial charge is 0.0773 e. The molecule has 2 heteroatoms. The van der Waals surface area contributed by atoms with Crippen LogP contribution in [0.3, 0.4) is 0 Å². The van der Waals surface area contributed by atoms with Gasteiger partial charge in [0.05, 0.1) is 12.1 Å². The monoisotopic (exact) mass is 128 g/mol. The van der Waals surface area contributed by atoms with E-state index in [2.05, 4.69) is 7.05 Å². The Labute approximate surface area is 56.8 Å². The fourth-order valence-corrected chi connectivity index (χ4v) is 1.48. The molecule has 1 saturated carbocycles. The lowest BCUT2D eigenvalue weighted by Crippen LogP contribution is -2.88. The number of rotatable bonds is 1. The molecule has 2 atom stereocenters. The molecule has 1 fully saturated rings. The molecule has 2 nitrogen and oxygen atoms in total. The summed E-state index contributed by atoms with van der Waals surface area (Å²) in [6.45, 7) is 0. The van der Waals surface area contributed by atoms with E-state index in [-0.39, 0.29) is 0 Å². The molecule has 0 aromatic carbocycles. The first-order chi connectivity index (χ1) is 4.34. The van der Waals surface area contributed by atoms with Gasteiger partial charge in [-0.3, -0.25) is 0 Å². The molecule has 0 bridgehead atoms. The number of quaternary nitrogens is 1. The Balaban J connectivity index is 2.30. The second kappa shape index (κ2) is 3.18. The Hall–Kier alpha value is -0.0800. The van der Waals surface area contributed by atoms with Gasteiger partial charge in [0.2, 0.25) is 0 Å². The highest BCUT2D eigenvalue weighted by Crippen LogP contribution is 2.13. The lowest BCUT2D eigenvalue weighted by atomic mass is 9.91. The second-order valence-electron chi connectivity index (χ2n) is 2.85. The second-order valence-corrected chi connectivity index (χ2v) is 2.85. The molecule has 0 aromatic rings. The molecule has 0 spiro atoms. The van der Waals surface area contributed by atoms with Crippen LogP contribution in [0.4, 0.5) is 0 Å². The molecule has 0 saturated heterocycles. The molecule has 0 aromatic heterocycles. The third-order valence-electron chi connectivity index (χ3n) is 2.18. The van der Waals surface area contributed by atoms with Crippen LogP contribution in [-0.2, 0) is 0 Å². The normalized spacial score (nSPS) is 36.7. The van der Waals surface area contributed by atoms with Crippen LogP contribution in [-0.4, -0.2) is 12.1 Å². The Bertz CT molecular complexity index is 83.0. The number of hydrogen-bond acceptors (Lipinski definition) is 1. The molecule has 9 heavy (non-hydrogen) atoms. The third kappa shape index (κ3) is 1.66. The largest absolute Gasteiger partial charge is 0.475 e.